The highest BCUT2D eigenvalue weighted by Crippen LogP contribution is 2.28. The van der Waals surface area contributed by atoms with E-state index >= 15 is 0 Å². The molecule has 1 N–H and O–H groups in total. The minimum Gasteiger partial charge on any atom is -0.375 e. The number of nitrogens with zero attached hydrogens (tertiary/aromatic N) is 1. The molecule has 3 unspecified atom stereocenters. The van der Waals surface area contributed by atoms with Crippen molar-refractivity contribution in [1.82, 2.24) is 10.2 Å². The number of hydrogen-bond donors (Lipinski definition) is 1. The first-order valence-corrected chi connectivity index (χ1v) is 9.31. The van der Waals surface area contributed by atoms with Crippen molar-refractivity contribution in [2.24, 2.45) is 5.92 Å². The van der Waals surface area contributed by atoms with Crippen molar-refractivity contribution in [3.8, 4) is 0 Å². The lowest BCUT2D eigenvalue weighted by atomic mass is 10.0. The Hall–Kier alpha value is -1.39. The van der Waals surface area contributed by atoms with Crippen LogP contribution in [0, 0.1) is 5.92 Å². The van der Waals surface area contributed by atoms with E-state index in [2.05, 4.69) is 29.3 Å². The van der Waals surface area contributed by atoms with E-state index in [0.717, 1.165) is 32.4 Å². The van der Waals surface area contributed by atoms with Gasteiger partial charge in [0, 0.05) is 38.2 Å². The third-order valence-electron chi connectivity index (χ3n) is 5.54. The summed E-state index contributed by atoms with van der Waals surface area (Å²) in [5, 5.41) is 3.68. The highest BCUT2D eigenvalue weighted by molar-refractivity contribution is 5.79. The predicted octanol–water partition coefficient (Wildman–Crippen LogP) is 3.14. The van der Waals surface area contributed by atoms with Gasteiger partial charge in [0.2, 0.25) is 5.91 Å². The molecule has 1 saturated carbocycles. The molecule has 4 nitrogen and oxygen atoms in total. The van der Waals surface area contributed by atoms with Crippen LogP contribution in [-0.2, 0) is 9.53 Å². The molecule has 3 atom stereocenters. The second kappa shape index (κ2) is 8.13. The molecule has 1 aromatic carbocycles. The van der Waals surface area contributed by atoms with Crippen molar-refractivity contribution in [1.29, 1.82) is 0 Å². The van der Waals surface area contributed by atoms with E-state index < -0.39 is 0 Å². The molecule has 1 aromatic rings. The number of methoxy groups -OCH3 is 1. The van der Waals surface area contributed by atoms with E-state index in [-0.39, 0.29) is 18.1 Å². The third kappa shape index (κ3) is 3.98. The Balaban J connectivity index is 1.53. The highest BCUT2D eigenvalue weighted by atomic mass is 16.5. The lowest BCUT2D eigenvalue weighted by Crippen LogP contribution is -2.43. The van der Waals surface area contributed by atoms with Crippen LogP contribution in [0.1, 0.15) is 50.7 Å². The minimum atomic E-state index is 0.0331. The van der Waals surface area contributed by atoms with Crippen molar-refractivity contribution in [2.75, 3.05) is 20.2 Å². The summed E-state index contributed by atoms with van der Waals surface area (Å²) in [5.74, 6) is 0.674. The normalized spacial score (nSPS) is 24.2. The van der Waals surface area contributed by atoms with Crippen molar-refractivity contribution in [3.05, 3.63) is 35.9 Å². The van der Waals surface area contributed by atoms with E-state index in [1.54, 1.807) is 7.11 Å². The van der Waals surface area contributed by atoms with Crippen molar-refractivity contribution < 1.29 is 9.53 Å². The number of benzene rings is 1. The van der Waals surface area contributed by atoms with E-state index in [1.165, 1.54) is 18.4 Å². The summed E-state index contributed by atoms with van der Waals surface area (Å²) < 4.78 is 5.72. The fourth-order valence-electron chi connectivity index (χ4n) is 4.26. The summed E-state index contributed by atoms with van der Waals surface area (Å²) in [5.41, 5.74) is 1.19. The molecule has 0 bridgehead atoms. The van der Waals surface area contributed by atoms with E-state index in [9.17, 15) is 4.79 Å². The molecule has 2 fully saturated rings. The number of rotatable bonds is 6. The van der Waals surface area contributed by atoms with Gasteiger partial charge in [0.05, 0.1) is 6.10 Å². The largest absolute Gasteiger partial charge is 0.375 e. The maximum Gasteiger partial charge on any atom is 0.225 e. The van der Waals surface area contributed by atoms with Gasteiger partial charge in [-0.25, -0.2) is 0 Å². The summed E-state index contributed by atoms with van der Waals surface area (Å²) in [6, 6.07) is 10.9. The smallest absolute Gasteiger partial charge is 0.225 e. The van der Waals surface area contributed by atoms with Crippen molar-refractivity contribution in [2.45, 2.75) is 57.2 Å². The molecule has 4 heteroatoms. The summed E-state index contributed by atoms with van der Waals surface area (Å²) in [4.78, 5) is 14.6. The Morgan fingerprint density at radius 3 is 2.58 bits per heavy atom. The Kier molecular flexibility index (Phi) is 5.90. The Morgan fingerprint density at radius 1 is 1.21 bits per heavy atom. The zero-order chi connectivity index (χ0) is 16.9. The first-order chi connectivity index (χ1) is 11.7. The van der Waals surface area contributed by atoms with Gasteiger partial charge in [0.25, 0.3) is 0 Å². The molecular formula is C20H30N2O2. The summed E-state index contributed by atoms with van der Waals surface area (Å²) >= 11 is 0. The number of hydrogen-bond acceptors (Lipinski definition) is 3. The second-order valence-electron chi connectivity index (χ2n) is 7.27. The predicted molar refractivity (Wildman–Crippen MR) is 95.7 cm³/mol. The van der Waals surface area contributed by atoms with Crippen LogP contribution >= 0.6 is 0 Å². The second-order valence-corrected chi connectivity index (χ2v) is 7.27. The average Bonchev–Trinajstić information content (AvgIpc) is 3.28. The molecule has 132 valence electrons. The van der Waals surface area contributed by atoms with Gasteiger partial charge in [-0.2, -0.15) is 0 Å². The van der Waals surface area contributed by atoms with Crippen LogP contribution < -0.4 is 5.32 Å². The Labute approximate surface area is 145 Å². The lowest BCUT2D eigenvalue weighted by Gasteiger charge is -2.27. The Bertz CT molecular complexity index is 528. The molecule has 1 aliphatic carbocycles. The monoisotopic (exact) mass is 330 g/mol. The maximum absolute atomic E-state index is 12.6. The van der Waals surface area contributed by atoms with Gasteiger partial charge in [0.15, 0.2) is 0 Å². The minimum absolute atomic E-state index is 0.0331. The molecule has 24 heavy (non-hydrogen) atoms. The molecule has 1 heterocycles. The van der Waals surface area contributed by atoms with Crippen LogP contribution in [0.5, 0.6) is 0 Å². The first kappa shape index (κ1) is 17.4. The average molecular weight is 330 g/mol. The molecule has 1 saturated heterocycles. The number of likely N-dealkylation sites (tertiary alicyclic amines) is 1. The number of carbonyl (C=O) groups is 1. The number of amides is 1. The lowest BCUT2D eigenvalue weighted by molar-refractivity contribution is -0.134. The summed E-state index contributed by atoms with van der Waals surface area (Å²) in [6.07, 6.45) is 5.68. The number of carbonyl (C=O) groups excluding carboxylic acids is 1. The molecule has 2 aliphatic rings. The molecule has 0 spiro atoms. The molecule has 0 aromatic heterocycles. The van der Waals surface area contributed by atoms with Crippen LogP contribution in [0.2, 0.25) is 0 Å². The van der Waals surface area contributed by atoms with Gasteiger partial charge in [-0.15, -0.1) is 0 Å². The van der Waals surface area contributed by atoms with Crippen LogP contribution in [-0.4, -0.2) is 43.1 Å². The molecular weight excluding hydrogens is 300 g/mol. The fraction of sp³-hybridized carbons (Fsp3) is 0.650. The zero-order valence-corrected chi connectivity index (χ0v) is 14.9. The number of ether oxygens (including phenoxy) is 1. The molecule has 3 rings (SSSR count). The maximum atomic E-state index is 12.6. The standard InChI is InChI=1S/C20H30N2O2/c1-15(19(24-2)16-8-4-3-5-9-16)21-18-12-13-22(14-18)20(23)17-10-6-7-11-17/h3-5,8-9,15,17-19,21H,6-7,10-14H2,1-2H3. The van der Waals surface area contributed by atoms with Gasteiger partial charge in [-0.05, 0) is 31.7 Å². The fourth-order valence-corrected chi connectivity index (χ4v) is 4.26. The van der Waals surface area contributed by atoms with E-state index in [1.807, 2.05) is 18.2 Å². The van der Waals surface area contributed by atoms with Crippen LogP contribution in [0.3, 0.4) is 0 Å². The van der Waals surface area contributed by atoms with Gasteiger partial charge in [-0.3, -0.25) is 4.79 Å². The van der Waals surface area contributed by atoms with Crippen LogP contribution in [0.25, 0.3) is 0 Å². The Morgan fingerprint density at radius 2 is 1.92 bits per heavy atom. The van der Waals surface area contributed by atoms with Gasteiger partial charge < -0.3 is 15.0 Å². The summed E-state index contributed by atoms with van der Waals surface area (Å²) in [7, 11) is 1.76. The molecule has 0 radical (unpaired) electrons. The number of nitrogens with one attached hydrogen (secondary N) is 1. The summed E-state index contributed by atoms with van der Waals surface area (Å²) in [6.45, 7) is 3.90. The van der Waals surface area contributed by atoms with E-state index in [0.29, 0.717) is 11.9 Å². The zero-order valence-electron chi connectivity index (χ0n) is 14.9. The van der Waals surface area contributed by atoms with Crippen LogP contribution in [0.4, 0.5) is 0 Å². The quantitative estimate of drug-likeness (QED) is 0.871. The molecule has 1 aliphatic heterocycles. The van der Waals surface area contributed by atoms with Gasteiger partial charge in [-0.1, -0.05) is 43.2 Å². The van der Waals surface area contributed by atoms with Crippen LogP contribution in [0.15, 0.2) is 30.3 Å². The molecule has 1 amide bonds. The topological polar surface area (TPSA) is 41.6 Å². The van der Waals surface area contributed by atoms with Crippen molar-refractivity contribution in [3.63, 3.8) is 0 Å². The first-order valence-electron chi connectivity index (χ1n) is 9.31. The van der Waals surface area contributed by atoms with E-state index in [4.69, 9.17) is 4.74 Å². The third-order valence-corrected chi connectivity index (χ3v) is 5.54. The highest BCUT2D eigenvalue weighted by Gasteiger charge is 2.33. The van der Waals surface area contributed by atoms with Crippen molar-refractivity contribution >= 4 is 5.91 Å². The SMILES string of the molecule is COC(c1ccccc1)C(C)NC1CCN(C(=O)C2CCCC2)C1. The van der Waals surface area contributed by atoms with Gasteiger partial charge in [0.1, 0.15) is 0 Å². The van der Waals surface area contributed by atoms with Gasteiger partial charge >= 0.3 is 0 Å².